The fourth-order valence-corrected chi connectivity index (χ4v) is 2.49. The zero-order valence-electron chi connectivity index (χ0n) is 9.92. The molecule has 0 aliphatic rings. The first kappa shape index (κ1) is 12.0. The Morgan fingerprint density at radius 1 is 1.47 bits per heavy atom. The van der Waals surface area contributed by atoms with Crippen molar-refractivity contribution in [3.8, 4) is 0 Å². The molecule has 0 aliphatic heterocycles. The molecule has 2 aromatic heterocycles. The van der Waals surface area contributed by atoms with E-state index in [1.165, 1.54) is 0 Å². The Balaban J connectivity index is 2.13. The van der Waals surface area contributed by atoms with Gasteiger partial charge in [-0.05, 0) is 19.1 Å². The lowest BCUT2D eigenvalue weighted by molar-refractivity contribution is 0.300. The minimum absolute atomic E-state index is 0.173. The van der Waals surface area contributed by atoms with Crippen LogP contribution in [0, 0.1) is 6.92 Å². The maximum absolute atomic E-state index is 8.91. The molecule has 0 fully saturated rings. The first-order valence-electron chi connectivity index (χ1n) is 5.42. The molecule has 90 valence electrons. The van der Waals surface area contributed by atoms with Crippen LogP contribution in [0.15, 0.2) is 12.5 Å². The highest BCUT2D eigenvalue weighted by atomic mass is 32.1. The van der Waals surface area contributed by atoms with E-state index in [1.807, 2.05) is 36.9 Å². The summed E-state index contributed by atoms with van der Waals surface area (Å²) in [6.07, 6.45) is 8.30. The third-order valence-corrected chi connectivity index (χ3v) is 3.55. The monoisotopic (exact) mass is 249 g/mol. The Labute approximate surface area is 104 Å². The Bertz CT molecular complexity index is 528. The van der Waals surface area contributed by atoms with Crippen LogP contribution in [0.2, 0.25) is 0 Å². The van der Waals surface area contributed by atoms with E-state index in [4.69, 9.17) is 5.11 Å². The molecule has 2 heterocycles. The van der Waals surface area contributed by atoms with E-state index in [9.17, 15) is 0 Å². The summed E-state index contributed by atoms with van der Waals surface area (Å²) in [6, 6.07) is 0. The van der Waals surface area contributed by atoms with Crippen molar-refractivity contribution in [2.75, 3.05) is 6.61 Å². The molecule has 0 bridgehead atoms. The summed E-state index contributed by atoms with van der Waals surface area (Å²) in [5.41, 5.74) is 1.92. The number of nitrogens with zero attached hydrogens (tertiary/aromatic N) is 3. The molecule has 0 saturated heterocycles. The van der Waals surface area contributed by atoms with Gasteiger partial charge in [0.1, 0.15) is 5.01 Å². The zero-order chi connectivity index (χ0) is 12.3. The van der Waals surface area contributed by atoms with Crippen molar-refractivity contribution in [3.05, 3.63) is 33.8 Å². The maximum Gasteiger partial charge on any atom is 0.116 e. The number of aliphatic hydroxyl groups is 1. The largest absolute Gasteiger partial charge is 0.396 e. The summed E-state index contributed by atoms with van der Waals surface area (Å²) in [4.78, 5) is 9.79. The van der Waals surface area contributed by atoms with E-state index in [0.717, 1.165) is 21.3 Å². The summed E-state index contributed by atoms with van der Waals surface area (Å²) in [5, 5.41) is 9.87. The molecule has 0 saturated carbocycles. The Kier molecular flexibility index (Phi) is 3.71. The SMILES string of the molecule is Cc1nc(/C=C/c2cn(C)cn2)sc1CCO. The van der Waals surface area contributed by atoms with E-state index in [0.29, 0.717) is 6.42 Å². The molecule has 1 N–H and O–H groups in total. The summed E-state index contributed by atoms with van der Waals surface area (Å²) < 4.78 is 1.91. The number of aliphatic hydroxyl groups excluding tert-OH is 1. The number of hydrogen-bond acceptors (Lipinski definition) is 4. The second-order valence-corrected chi connectivity index (χ2v) is 4.95. The molecule has 0 aliphatic carbocycles. The molecular formula is C12H15N3OS. The van der Waals surface area contributed by atoms with Crippen LogP contribution in [-0.2, 0) is 13.5 Å². The fourth-order valence-electron chi connectivity index (χ4n) is 1.53. The van der Waals surface area contributed by atoms with Gasteiger partial charge in [-0.2, -0.15) is 0 Å². The van der Waals surface area contributed by atoms with Gasteiger partial charge in [0.05, 0.1) is 17.7 Å². The lowest BCUT2D eigenvalue weighted by atomic mass is 10.3. The zero-order valence-corrected chi connectivity index (χ0v) is 10.7. The third kappa shape index (κ3) is 3.01. The van der Waals surface area contributed by atoms with Gasteiger partial charge >= 0.3 is 0 Å². The highest BCUT2D eigenvalue weighted by molar-refractivity contribution is 7.12. The van der Waals surface area contributed by atoms with Crippen molar-refractivity contribution < 1.29 is 5.11 Å². The van der Waals surface area contributed by atoms with Gasteiger partial charge in [-0.1, -0.05) is 0 Å². The molecular weight excluding hydrogens is 234 g/mol. The van der Waals surface area contributed by atoms with E-state index < -0.39 is 0 Å². The highest BCUT2D eigenvalue weighted by Crippen LogP contribution is 2.20. The van der Waals surface area contributed by atoms with E-state index in [2.05, 4.69) is 9.97 Å². The summed E-state index contributed by atoms with van der Waals surface area (Å²) in [6.45, 7) is 2.14. The Hall–Kier alpha value is -1.46. The van der Waals surface area contributed by atoms with Gasteiger partial charge in [0.15, 0.2) is 0 Å². The summed E-state index contributed by atoms with van der Waals surface area (Å²) in [5.74, 6) is 0. The van der Waals surface area contributed by atoms with E-state index >= 15 is 0 Å². The maximum atomic E-state index is 8.91. The minimum Gasteiger partial charge on any atom is -0.396 e. The van der Waals surface area contributed by atoms with E-state index in [1.54, 1.807) is 17.7 Å². The lowest BCUT2D eigenvalue weighted by Crippen LogP contribution is -1.88. The standard InChI is InChI=1S/C12H15N3OS/c1-9-11(5-6-16)17-12(14-9)4-3-10-7-15(2)8-13-10/h3-4,7-8,16H,5-6H2,1-2H3/b4-3+. The minimum atomic E-state index is 0.173. The molecule has 0 unspecified atom stereocenters. The van der Waals surface area contributed by atoms with Crippen LogP contribution >= 0.6 is 11.3 Å². The molecule has 5 heteroatoms. The molecule has 2 aromatic rings. The van der Waals surface area contributed by atoms with Gasteiger partial charge in [-0.15, -0.1) is 11.3 Å². The van der Waals surface area contributed by atoms with Crippen LogP contribution < -0.4 is 0 Å². The van der Waals surface area contributed by atoms with Crippen LogP contribution in [-0.4, -0.2) is 26.2 Å². The first-order chi connectivity index (χ1) is 8.19. The van der Waals surface area contributed by atoms with E-state index in [-0.39, 0.29) is 6.61 Å². The molecule has 0 atom stereocenters. The first-order valence-corrected chi connectivity index (χ1v) is 6.24. The summed E-state index contributed by atoms with van der Waals surface area (Å²) >= 11 is 1.62. The van der Waals surface area contributed by atoms with Crippen molar-refractivity contribution in [1.29, 1.82) is 0 Å². The highest BCUT2D eigenvalue weighted by Gasteiger charge is 2.04. The van der Waals surface area contributed by atoms with Crippen molar-refractivity contribution in [2.45, 2.75) is 13.3 Å². The van der Waals surface area contributed by atoms with Crippen LogP contribution in [0.4, 0.5) is 0 Å². The smallest absolute Gasteiger partial charge is 0.116 e. The molecule has 2 rings (SSSR count). The topological polar surface area (TPSA) is 50.9 Å². The Morgan fingerprint density at radius 2 is 2.29 bits per heavy atom. The quantitative estimate of drug-likeness (QED) is 0.900. The van der Waals surface area contributed by atoms with Gasteiger partial charge in [0.2, 0.25) is 0 Å². The van der Waals surface area contributed by atoms with Crippen LogP contribution in [0.1, 0.15) is 21.3 Å². The normalized spacial score (nSPS) is 11.5. The van der Waals surface area contributed by atoms with Crippen LogP contribution in [0.5, 0.6) is 0 Å². The van der Waals surface area contributed by atoms with Crippen molar-refractivity contribution >= 4 is 23.5 Å². The fraction of sp³-hybridized carbons (Fsp3) is 0.333. The van der Waals surface area contributed by atoms with Crippen LogP contribution in [0.25, 0.3) is 12.2 Å². The average Bonchev–Trinajstić information content (AvgIpc) is 2.84. The molecule has 0 amide bonds. The number of imidazole rings is 1. The predicted octanol–water partition coefficient (Wildman–Crippen LogP) is 1.89. The number of aromatic nitrogens is 3. The number of aryl methyl sites for hydroxylation is 2. The average molecular weight is 249 g/mol. The molecule has 0 spiro atoms. The van der Waals surface area contributed by atoms with Crippen LogP contribution in [0.3, 0.4) is 0 Å². The van der Waals surface area contributed by atoms with Gasteiger partial charge < -0.3 is 9.67 Å². The molecule has 0 radical (unpaired) electrons. The molecule has 17 heavy (non-hydrogen) atoms. The summed E-state index contributed by atoms with van der Waals surface area (Å²) in [7, 11) is 1.94. The molecule has 0 aromatic carbocycles. The van der Waals surface area contributed by atoms with Crippen molar-refractivity contribution in [1.82, 2.24) is 14.5 Å². The number of hydrogen-bond donors (Lipinski definition) is 1. The number of thiazole rings is 1. The third-order valence-electron chi connectivity index (χ3n) is 2.37. The van der Waals surface area contributed by atoms with Crippen molar-refractivity contribution in [2.24, 2.45) is 7.05 Å². The predicted molar refractivity (Wildman–Crippen MR) is 69.8 cm³/mol. The van der Waals surface area contributed by atoms with Gasteiger partial charge in [0, 0.05) is 31.1 Å². The number of rotatable bonds is 4. The second-order valence-electron chi connectivity index (χ2n) is 3.83. The van der Waals surface area contributed by atoms with Gasteiger partial charge in [0.25, 0.3) is 0 Å². The molecule has 4 nitrogen and oxygen atoms in total. The lowest BCUT2D eigenvalue weighted by Gasteiger charge is -1.90. The van der Waals surface area contributed by atoms with Gasteiger partial charge in [-0.3, -0.25) is 0 Å². The Morgan fingerprint density at radius 3 is 2.94 bits per heavy atom. The second kappa shape index (κ2) is 5.25. The van der Waals surface area contributed by atoms with Crippen molar-refractivity contribution in [3.63, 3.8) is 0 Å². The van der Waals surface area contributed by atoms with Gasteiger partial charge in [-0.25, -0.2) is 9.97 Å².